The summed E-state index contributed by atoms with van der Waals surface area (Å²) in [5.74, 6) is 0. The Labute approximate surface area is 104 Å². The highest BCUT2D eigenvalue weighted by atomic mass is 35.5. The fraction of sp³-hybridized carbons (Fsp3) is 0.727. The molecule has 0 bridgehead atoms. The molecule has 4 nitrogen and oxygen atoms in total. The Hall–Kier alpha value is -0.580. The van der Waals surface area contributed by atoms with Crippen LogP contribution in [0, 0.1) is 6.92 Å². The van der Waals surface area contributed by atoms with Crippen LogP contribution in [0.15, 0.2) is 6.20 Å². The highest BCUT2D eigenvalue weighted by Crippen LogP contribution is 2.04. The van der Waals surface area contributed by atoms with E-state index in [1.807, 2.05) is 4.68 Å². The molecule has 1 heterocycles. The van der Waals surface area contributed by atoms with E-state index in [1.165, 1.54) is 5.56 Å². The smallest absolute Gasteiger partial charge is 0.0638 e. The average Bonchev–Trinajstić information content (AvgIpc) is 2.59. The lowest BCUT2D eigenvalue weighted by Crippen LogP contribution is -2.16. The Morgan fingerprint density at radius 2 is 2.25 bits per heavy atom. The zero-order valence-electron chi connectivity index (χ0n) is 10.3. The van der Waals surface area contributed by atoms with E-state index in [0.717, 1.165) is 38.4 Å². The third-order valence-electron chi connectivity index (χ3n) is 2.39. The Kier molecular flexibility index (Phi) is 8.25. The van der Waals surface area contributed by atoms with Gasteiger partial charge in [-0.15, -0.1) is 12.4 Å². The fourth-order valence-corrected chi connectivity index (χ4v) is 1.46. The van der Waals surface area contributed by atoms with Crippen LogP contribution in [0.4, 0.5) is 0 Å². The molecular formula is C11H22ClN3O. The largest absolute Gasteiger partial charge is 0.385 e. The van der Waals surface area contributed by atoms with Crippen LogP contribution in [0.5, 0.6) is 0 Å². The van der Waals surface area contributed by atoms with Crippen molar-refractivity contribution in [2.24, 2.45) is 0 Å². The summed E-state index contributed by atoms with van der Waals surface area (Å²) in [6, 6.07) is 0. The molecular weight excluding hydrogens is 226 g/mol. The molecule has 1 aromatic heterocycles. The van der Waals surface area contributed by atoms with Crippen molar-refractivity contribution in [2.75, 3.05) is 20.3 Å². The van der Waals surface area contributed by atoms with Crippen LogP contribution in [0.25, 0.3) is 0 Å². The summed E-state index contributed by atoms with van der Waals surface area (Å²) in [7, 11) is 1.73. The van der Waals surface area contributed by atoms with E-state index in [0.29, 0.717) is 0 Å². The van der Waals surface area contributed by atoms with Crippen LogP contribution >= 0.6 is 12.4 Å². The van der Waals surface area contributed by atoms with Gasteiger partial charge in [-0.3, -0.25) is 4.68 Å². The lowest BCUT2D eigenvalue weighted by Gasteiger charge is -2.02. The summed E-state index contributed by atoms with van der Waals surface area (Å²) in [5, 5.41) is 7.78. The second kappa shape index (κ2) is 8.56. The van der Waals surface area contributed by atoms with E-state index in [-0.39, 0.29) is 12.4 Å². The molecule has 16 heavy (non-hydrogen) atoms. The van der Waals surface area contributed by atoms with E-state index in [2.05, 4.69) is 30.5 Å². The number of rotatable bonds is 7. The minimum Gasteiger partial charge on any atom is -0.385 e. The standard InChI is InChI=1S/C11H21N3O.ClH/c1-4-14-9-11(10(2)13-14)8-12-6-5-7-15-3;/h9,12H,4-8H2,1-3H3;1H. The van der Waals surface area contributed by atoms with Gasteiger partial charge in [0.2, 0.25) is 0 Å². The van der Waals surface area contributed by atoms with Crippen molar-refractivity contribution in [3.63, 3.8) is 0 Å². The molecule has 1 rings (SSSR count). The van der Waals surface area contributed by atoms with Crippen molar-refractivity contribution in [1.29, 1.82) is 0 Å². The number of aromatic nitrogens is 2. The SMILES string of the molecule is CCn1cc(CNCCCOC)c(C)n1.Cl. The Bertz CT molecular complexity index is 289. The molecule has 5 heteroatoms. The molecule has 0 atom stereocenters. The predicted molar refractivity (Wildman–Crippen MR) is 68.1 cm³/mol. The number of hydrogen-bond acceptors (Lipinski definition) is 3. The predicted octanol–water partition coefficient (Wildman–Crippen LogP) is 1.76. The third kappa shape index (κ3) is 4.96. The summed E-state index contributed by atoms with van der Waals surface area (Å²) in [6.45, 7) is 7.80. The maximum atomic E-state index is 4.98. The number of aryl methyl sites for hydroxylation is 2. The van der Waals surface area contributed by atoms with Crippen molar-refractivity contribution >= 4 is 12.4 Å². The van der Waals surface area contributed by atoms with Crippen molar-refractivity contribution in [2.45, 2.75) is 33.4 Å². The van der Waals surface area contributed by atoms with Crippen LogP contribution in [0.3, 0.4) is 0 Å². The molecule has 0 spiro atoms. The molecule has 0 saturated heterocycles. The lowest BCUT2D eigenvalue weighted by molar-refractivity contribution is 0.194. The van der Waals surface area contributed by atoms with Crippen LogP contribution in [0.2, 0.25) is 0 Å². The van der Waals surface area contributed by atoms with Gasteiger partial charge < -0.3 is 10.1 Å². The monoisotopic (exact) mass is 247 g/mol. The number of hydrogen-bond donors (Lipinski definition) is 1. The molecule has 0 fully saturated rings. The van der Waals surface area contributed by atoms with E-state index in [9.17, 15) is 0 Å². The van der Waals surface area contributed by atoms with Gasteiger partial charge in [0, 0.05) is 38.6 Å². The molecule has 0 unspecified atom stereocenters. The second-order valence-electron chi connectivity index (χ2n) is 3.62. The number of nitrogens with one attached hydrogen (secondary N) is 1. The summed E-state index contributed by atoms with van der Waals surface area (Å²) in [6.07, 6.45) is 3.16. The molecule has 0 radical (unpaired) electrons. The van der Waals surface area contributed by atoms with Gasteiger partial charge in [0.1, 0.15) is 0 Å². The molecule has 0 aliphatic heterocycles. The number of nitrogens with zero attached hydrogens (tertiary/aromatic N) is 2. The maximum absolute atomic E-state index is 4.98. The van der Waals surface area contributed by atoms with E-state index in [1.54, 1.807) is 7.11 Å². The van der Waals surface area contributed by atoms with Crippen LogP contribution in [-0.4, -0.2) is 30.0 Å². The molecule has 0 aromatic carbocycles. The minimum atomic E-state index is 0. The number of methoxy groups -OCH3 is 1. The number of ether oxygens (including phenoxy) is 1. The molecule has 0 aliphatic rings. The summed E-state index contributed by atoms with van der Waals surface area (Å²) in [5.41, 5.74) is 2.41. The van der Waals surface area contributed by atoms with E-state index >= 15 is 0 Å². The first-order chi connectivity index (χ1) is 7.27. The first-order valence-corrected chi connectivity index (χ1v) is 5.50. The van der Waals surface area contributed by atoms with Gasteiger partial charge in [-0.25, -0.2) is 0 Å². The van der Waals surface area contributed by atoms with Gasteiger partial charge in [-0.05, 0) is 26.8 Å². The van der Waals surface area contributed by atoms with Crippen LogP contribution < -0.4 is 5.32 Å². The van der Waals surface area contributed by atoms with Crippen molar-refractivity contribution in [1.82, 2.24) is 15.1 Å². The van der Waals surface area contributed by atoms with Gasteiger partial charge in [0.15, 0.2) is 0 Å². The van der Waals surface area contributed by atoms with Gasteiger partial charge >= 0.3 is 0 Å². The maximum Gasteiger partial charge on any atom is 0.0638 e. The zero-order valence-corrected chi connectivity index (χ0v) is 11.1. The number of halogens is 1. The summed E-state index contributed by atoms with van der Waals surface area (Å²) in [4.78, 5) is 0. The van der Waals surface area contributed by atoms with Gasteiger partial charge in [0.25, 0.3) is 0 Å². The first kappa shape index (κ1) is 15.4. The fourth-order valence-electron chi connectivity index (χ4n) is 1.46. The van der Waals surface area contributed by atoms with E-state index in [4.69, 9.17) is 4.74 Å². The van der Waals surface area contributed by atoms with Gasteiger partial charge in [-0.2, -0.15) is 5.10 Å². The average molecular weight is 248 g/mol. The Balaban J connectivity index is 0.00000225. The normalized spacial score (nSPS) is 10.2. The minimum absolute atomic E-state index is 0. The molecule has 0 aliphatic carbocycles. The van der Waals surface area contributed by atoms with Gasteiger partial charge in [0.05, 0.1) is 5.69 Å². The van der Waals surface area contributed by atoms with Crippen LogP contribution in [-0.2, 0) is 17.8 Å². The molecule has 1 N–H and O–H groups in total. The molecule has 0 amide bonds. The summed E-state index contributed by atoms with van der Waals surface area (Å²) < 4.78 is 6.96. The quantitative estimate of drug-likeness (QED) is 0.747. The van der Waals surface area contributed by atoms with Gasteiger partial charge in [-0.1, -0.05) is 0 Å². The summed E-state index contributed by atoms with van der Waals surface area (Å²) >= 11 is 0. The molecule has 0 saturated carbocycles. The molecule has 1 aromatic rings. The second-order valence-corrected chi connectivity index (χ2v) is 3.62. The molecule has 94 valence electrons. The van der Waals surface area contributed by atoms with Crippen LogP contribution in [0.1, 0.15) is 24.6 Å². The highest BCUT2D eigenvalue weighted by molar-refractivity contribution is 5.85. The van der Waals surface area contributed by atoms with E-state index < -0.39 is 0 Å². The highest BCUT2D eigenvalue weighted by Gasteiger charge is 2.02. The first-order valence-electron chi connectivity index (χ1n) is 5.50. The third-order valence-corrected chi connectivity index (χ3v) is 2.39. The lowest BCUT2D eigenvalue weighted by atomic mass is 10.2. The van der Waals surface area contributed by atoms with Crippen molar-refractivity contribution in [3.05, 3.63) is 17.5 Å². The Morgan fingerprint density at radius 3 is 2.81 bits per heavy atom. The topological polar surface area (TPSA) is 39.1 Å². The zero-order chi connectivity index (χ0) is 11.1. The Morgan fingerprint density at radius 1 is 1.50 bits per heavy atom. The van der Waals surface area contributed by atoms with Crippen molar-refractivity contribution in [3.8, 4) is 0 Å². The van der Waals surface area contributed by atoms with Crippen molar-refractivity contribution < 1.29 is 4.74 Å².